The van der Waals surface area contributed by atoms with Crippen molar-refractivity contribution in [2.45, 2.75) is 6.54 Å². The van der Waals surface area contributed by atoms with Gasteiger partial charge in [-0.1, -0.05) is 28.9 Å². The maximum Gasteiger partial charge on any atom is 0.171 e. The summed E-state index contributed by atoms with van der Waals surface area (Å²) in [5.41, 5.74) is 0.308. The van der Waals surface area contributed by atoms with Crippen molar-refractivity contribution in [1.82, 2.24) is 15.0 Å². The van der Waals surface area contributed by atoms with Crippen LogP contribution in [0.5, 0.6) is 5.75 Å². The van der Waals surface area contributed by atoms with Gasteiger partial charge in [-0.15, -0.1) is 5.10 Å². The van der Waals surface area contributed by atoms with Crippen molar-refractivity contribution in [2.75, 3.05) is 6.61 Å². The van der Waals surface area contributed by atoms with Crippen LogP contribution >= 0.6 is 11.6 Å². The van der Waals surface area contributed by atoms with Crippen LogP contribution in [0.25, 0.3) is 0 Å². The molecular formula is C11H10ClN3O2. The number of hydrogen-bond donors (Lipinski definition) is 0. The van der Waals surface area contributed by atoms with Crippen LogP contribution in [-0.4, -0.2) is 27.9 Å². The van der Waals surface area contributed by atoms with Gasteiger partial charge in [-0.05, 0) is 12.1 Å². The Bertz CT molecular complexity index is 513. The number of nitrogens with zero attached hydrogens (tertiary/aromatic N) is 3. The molecule has 0 aliphatic carbocycles. The molecule has 0 spiro atoms. The lowest BCUT2D eigenvalue weighted by molar-refractivity contribution is 0.111. The Hall–Kier alpha value is -1.88. The number of rotatable bonds is 5. The predicted molar refractivity (Wildman–Crippen MR) is 62.4 cm³/mol. The summed E-state index contributed by atoms with van der Waals surface area (Å²) < 4.78 is 7.02. The summed E-state index contributed by atoms with van der Waals surface area (Å²) >= 11 is 5.93. The molecule has 0 aliphatic rings. The van der Waals surface area contributed by atoms with Gasteiger partial charge in [0, 0.05) is 0 Å². The fourth-order valence-corrected chi connectivity index (χ4v) is 1.48. The topological polar surface area (TPSA) is 57.0 Å². The van der Waals surface area contributed by atoms with Crippen LogP contribution in [0, 0.1) is 0 Å². The maximum absolute atomic E-state index is 10.4. The molecule has 6 heteroatoms. The number of carbonyl (C=O) groups excluding carboxylic acids is 1. The van der Waals surface area contributed by atoms with Crippen molar-refractivity contribution >= 4 is 17.9 Å². The van der Waals surface area contributed by atoms with Crippen LogP contribution in [0.4, 0.5) is 0 Å². The average molecular weight is 252 g/mol. The van der Waals surface area contributed by atoms with E-state index >= 15 is 0 Å². The Morgan fingerprint density at radius 3 is 2.94 bits per heavy atom. The number of carbonyl (C=O) groups is 1. The predicted octanol–water partition coefficient (Wildman–Crippen LogP) is 1.82. The van der Waals surface area contributed by atoms with Crippen molar-refractivity contribution in [3.8, 4) is 5.75 Å². The van der Waals surface area contributed by atoms with E-state index in [0.29, 0.717) is 35.9 Å². The van der Waals surface area contributed by atoms with Crippen LogP contribution < -0.4 is 4.74 Å². The molecule has 0 radical (unpaired) electrons. The van der Waals surface area contributed by atoms with Crippen molar-refractivity contribution in [3.05, 3.63) is 41.2 Å². The van der Waals surface area contributed by atoms with E-state index < -0.39 is 0 Å². The van der Waals surface area contributed by atoms with Crippen molar-refractivity contribution in [1.29, 1.82) is 0 Å². The first-order valence-corrected chi connectivity index (χ1v) is 5.40. The first kappa shape index (κ1) is 11.6. The largest absolute Gasteiger partial charge is 0.490 e. The van der Waals surface area contributed by atoms with Gasteiger partial charge in [0.2, 0.25) is 0 Å². The monoisotopic (exact) mass is 251 g/mol. The molecule has 5 nitrogen and oxygen atoms in total. The number of halogens is 1. The molecule has 0 saturated heterocycles. The Kier molecular flexibility index (Phi) is 3.72. The number of aldehydes is 1. The molecule has 1 heterocycles. The minimum atomic E-state index is 0.308. The van der Waals surface area contributed by atoms with Crippen molar-refractivity contribution in [3.63, 3.8) is 0 Å². The van der Waals surface area contributed by atoms with Crippen LogP contribution in [0.15, 0.2) is 30.5 Å². The van der Waals surface area contributed by atoms with E-state index in [4.69, 9.17) is 16.3 Å². The molecule has 2 aromatic rings. The van der Waals surface area contributed by atoms with Gasteiger partial charge < -0.3 is 4.74 Å². The van der Waals surface area contributed by atoms with Crippen LogP contribution in [0.2, 0.25) is 5.02 Å². The molecule has 1 aromatic heterocycles. The van der Waals surface area contributed by atoms with Gasteiger partial charge in [0.1, 0.15) is 18.1 Å². The lowest BCUT2D eigenvalue weighted by Gasteiger charge is -2.06. The van der Waals surface area contributed by atoms with Gasteiger partial charge in [-0.3, -0.25) is 4.79 Å². The van der Waals surface area contributed by atoms with E-state index in [2.05, 4.69) is 10.3 Å². The SMILES string of the molecule is O=Cc1cn(CCOc2ccccc2Cl)nn1. The average Bonchev–Trinajstić information content (AvgIpc) is 2.80. The van der Waals surface area contributed by atoms with Crippen molar-refractivity contribution in [2.24, 2.45) is 0 Å². The van der Waals surface area contributed by atoms with Crippen LogP contribution in [0.3, 0.4) is 0 Å². The van der Waals surface area contributed by atoms with Gasteiger partial charge in [-0.25, -0.2) is 4.68 Å². The third-order valence-electron chi connectivity index (χ3n) is 2.09. The Labute approximate surface area is 103 Å². The zero-order chi connectivity index (χ0) is 12.1. The molecule has 88 valence electrons. The second-order valence-electron chi connectivity index (χ2n) is 3.30. The number of aromatic nitrogens is 3. The highest BCUT2D eigenvalue weighted by Crippen LogP contribution is 2.22. The highest BCUT2D eigenvalue weighted by molar-refractivity contribution is 6.32. The Morgan fingerprint density at radius 1 is 1.41 bits per heavy atom. The number of ether oxygens (including phenoxy) is 1. The second kappa shape index (κ2) is 5.45. The lowest BCUT2D eigenvalue weighted by Crippen LogP contribution is -2.08. The number of para-hydroxylation sites is 1. The highest BCUT2D eigenvalue weighted by atomic mass is 35.5. The molecule has 0 N–H and O–H groups in total. The van der Waals surface area contributed by atoms with Crippen LogP contribution in [0.1, 0.15) is 10.5 Å². The fraction of sp³-hybridized carbons (Fsp3) is 0.182. The third-order valence-corrected chi connectivity index (χ3v) is 2.40. The first-order valence-electron chi connectivity index (χ1n) is 5.02. The summed E-state index contributed by atoms with van der Waals surface area (Å²) in [5, 5.41) is 7.97. The third kappa shape index (κ3) is 3.04. The van der Waals surface area contributed by atoms with E-state index in [-0.39, 0.29) is 0 Å². The minimum Gasteiger partial charge on any atom is -0.490 e. The molecule has 0 amide bonds. The van der Waals surface area contributed by atoms with Gasteiger partial charge >= 0.3 is 0 Å². The summed E-state index contributed by atoms with van der Waals surface area (Å²) in [4.78, 5) is 10.4. The molecule has 0 atom stereocenters. The lowest BCUT2D eigenvalue weighted by atomic mass is 10.3. The van der Waals surface area contributed by atoms with Crippen molar-refractivity contribution < 1.29 is 9.53 Å². The summed E-state index contributed by atoms with van der Waals surface area (Å²) in [6.07, 6.45) is 2.21. The highest BCUT2D eigenvalue weighted by Gasteiger charge is 2.01. The molecule has 0 saturated carbocycles. The molecule has 0 fully saturated rings. The van der Waals surface area contributed by atoms with E-state index in [1.807, 2.05) is 12.1 Å². The molecule has 0 unspecified atom stereocenters. The summed E-state index contributed by atoms with van der Waals surface area (Å²) in [7, 11) is 0. The number of benzene rings is 1. The van der Waals surface area contributed by atoms with E-state index in [1.54, 1.807) is 23.0 Å². The smallest absolute Gasteiger partial charge is 0.171 e. The van der Waals surface area contributed by atoms with E-state index in [0.717, 1.165) is 0 Å². The van der Waals surface area contributed by atoms with Crippen LogP contribution in [-0.2, 0) is 6.54 Å². The second-order valence-corrected chi connectivity index (χ2v) is 3.71. The van der Waals surface area contributed by atoms with Gasteiger partial charge in [-0.2, -0.15) is 0 Å². The maximum atomic E-state index is 10.4. The Morgan fingerprint density at radius 2 is 2.24 bits per heavy atom. The minimum absolute atomic E-state index is 0.308. The zero-order valence-corrected chi connectivity index (χ0v) is 9.67. The van der Waals surface area contributed by atoms with Gasteiger partial charge in [0.25, 0.3) is 0 Å². The molecule has 0 bridgehead atoms. The summed E-state index contributed by atoms with van der Waals surface area (Å²) in [6.45, 7) is 0.914. The molecule has 0 aliphatic heterocycles. The summed E-state index contributed by atoms with van der Waals surface area (Å²) in [6, 6.07) is 7.24. The Balaban J connectivity index is 1.87. The zero-order valence-electron chi connectivity index (χ0n) is 8.91. The standard InChI is InChI=1S/C11H10ClN3O2/c12-10-3-1-2-4-11(10)17-6-5-15-7-9(8-16)13-14-15/h1-4,7-8H,5-6H2. The van der Waals surface area contributed by atoms with Gasteiger partial charge in [0.05, 0.1) is 17.8 Å². The summed E-state index contributed by atoms with van der Waals surface area (Å²) in [5.74, 6) is 0.630. The normalized spacial score (nSPS) is 10.2. The fourth-order valence-electron chi connectivity index (χ4n) is 1.29. The molecule has 2 rings (SSSR count). The van der Waals surface area contributed by atoms with Gasteiger partial charge in [0.15, 0.2) is 6.29 Å². The molecular weight excluding hydrogens is 242 g/mol. The quantitative estimate of drug-likeness (QED) is 0.761. The van der Waals surface area contributed by atoms with E-state index in [9.17, 15) is 4.79 Å². The first-order chi connectivity index (χ1) is 8.29. The molecule has 17 heavy (non-hydrogen) atoms. The molecule has 1 aromatic carbocycles. The number of hydrogen-bond acceptors (Lipinski definition) is 4. The van der Waals surface area contributed by atoms with E-state index in [1.165, 1.54) is 0 Å².